The van der Waals surface area contributed by atoms with Crippen molar-refractivity contribution >= 4 is 22.4 Å². The number of carbonyl (C=O) groups is 1. The van der Waals surface area contributed by atoms with Gasteiger partial charge in [0.25, 0.3) is 5.91 Å². The van der Waals surface area contributed by atoms with Crippen LogP contribution in [-0.2, 0) is 0 Å². The number of anilines is 1. The Kier molecular flexibility index (Phi) is 3.59. The highest BCUT2D eigenvalue weighted by Gasteiger charge is 2.12. The standard InChI is InChI=1S/C18H12N4O3/c23-17(15-14-4-2-1-3-11(14)9-10-19-15)20-13-7-5-12(6-8-13)16-21-18(24)25-22-16/h1-10H,(H,20,23)(H,21,22,24). The minimum absolute atomic E-state index is 0.292. The van der Waals surface area contributed by atoms with Crippen LogP contribution in [0.15, 0.2) is 70.1 Å². The van der Waals surface area contributed by atoms with Crippen LogP contribution in [-0.4, -0.2) is 21.0 Å². The normalized spacial score (nSPS) is 10.7. The van der Waals surface area contributed by atoms with Gasteiger partial charge in [0.1, 0.15) is 5.69 Å². The van der Waals surface area contributed by atoms with Crippen LogP contribution >= 0.6 is 0 Å². The summed E-state index contributed by atoms with van der Waals surface area (Å²) in [6.45, 7) is 0. The first-order valence-electron chi connectivity index (χ1n) is 7.52. The Balaban J connectivity index is 1.59. The van der Waals surface area contributed by atoms with Gasteiger partial charge in [-0.15, -0.1) is 0 Å². The second-order valence-electron chi connectivity index (χ2n) is 5.36. The quantitative estimate of drug-likeness (QED) is 0.601. The first kappa shape index (κ1) is 14.8. The largest absolute Gasteiger partial charge is 0.439 e. The lowest BCUT2D eigenvalue weighted by Crippen LogP contribution is -2.14. The summed E-state index contributed by atoms with van der Waals surface area (Å²) in [5.41, 5.74) is 1.64. The minimum Gasteiger partial charge on any atom is -0.321 e. The number of fused-ring (bicyclic) bond motifs is 1. The number of nitrogens with one attached hydrogen (secondary N) is 2. The molecule has 1 amide bonds. The number of rotatable bonds is 3. The van der Waals surface area contributed by atoms with Crippen LogP contribution in [0.5, 0.6) is 0 Å². The van der Waals surface area contributed by atoms with E-state index in [4.69, 9.17) is 0 Å². The zero-order chi connectivity index (χ0) is 17.2. The first-order chi connectivity index (χ1) is 12.2. The molecule has 0 aliphatic heterocycles. The lowest BCUT2D eigenvalue weighted by molar-refractivity contribution is 0.102. The van der Waals surface area contributed by atoms with E-state index in [0.29, 0.717) is 22.8 Å². The number of hydrogen-bond acceptors (Lipinski definition) is 5. The van der Waals surface area contributed by atoms with Crippen molar-refractivity contribution in [3.8, 4) is 11.4 Å². The Morgan fingerprint density at radius 1 is 1.04 bits per heavy atom. The smallest absolute Gasteiger partial charge is 0.321 e. The molecule has 7 nitrogen and oxygen atoms in total. The molecule has 0 atom stereocenters. The summed E-state index contributed by atoms with van der Waals surface area (Å²) in [6.07, 6.45) is 1.61. The lowest BCUT2D eigenvalue weighted by atomic mass is 10.1. The van der Waals surface area contributed by atoms with Crippen LogP contribution in [0.25, 0.3) is 22.2 Å². The van der Waals surface area contributed by atoms with E-state index in [1.165, 1.54) is 0 Å². The third kappa shape index (κ3) is 2.90. The van der Waals surface area contributed by atoms with Crippen LogP contribution < -0.4 is 11.1 Å². The molecule has 0 saturated heterocycles. The fourth-order valence-electron chi connectivity index (χ4n) is 2.56. The highest BCUT2D eigenvalue weighted by atomic mass is 16.5. The monoisotopic (exact) mass is 332 g/mol. The van der Waals surface area contributed by atoms with Gasteiger partial charge in [-0.3, -0.25) is 19.3 Å². The molecule has 0 aliphatic carbocycles. The highest BCUT2D eigenvalue weighted by Crippen LogP contribution is 2.20. The molecule has 0 fully saturated rings. The maximum Gasteiger partial charge on any atom is 0.439 e. The Hall–Kier alpha value is -3.74. The van der Waals surface area contributed by atoms with E-state index in [1.807, 2.05) is 30.3 Å². The molecule has 0 saturated carbocycles. The van der Waals surface area contributed by atoms with Crippen molar-refractivity contribution < 1.29 is 9.32 Å². The predicted molar refractivity (Wildman–Crippen MR) is 92.3 cm³/mol. The van der Waals surface area contributed by atoms with Crippen molar-refractivity contribution in [2.75, 3.05) is 5.32 Å². The molecule has 0 spiro atoms. The number of aromatic nitrogens is 3. The Morgan fingerprint density at radius 3 is 2.60 bits per heavy atom. The molecule has 122 valence electrons. The average molecular weight is 332 g/mol. The highest BCUT2D eigenvalue weighted by molar-refractivity contribution is 6.11. The van der Waals surface area contributed by atoms with E-state index in [1.54, 1.807) is 30.5 Å². The Labute approximate surface area is 141 Å². The molecule has 2 aromatic carbocycles. The Morgan fingerprint density at radius 2 is 1.84 bits per heavy atom. The minimum atomic E-state index is -0.616. The fraction of sp³-hybridized carbons (Fsp3) is 0. The second-order valence-corrected chi connectivity index (χ2v) is 5.36. The van der Waals surface area contributed by atoms with E-state index in [0.717, 1.165) is 10.8 Å². The third-order valence-corrected chi connectivity index (χ3v) is 3.75. The van der Waals surface area contributed by atoms with Gasteiger partial charge in [-0.1, -0.05) is 29.4 Å². The van der Waals surface area contributed by atoms with Crippen molar-refractivity contribution in [2.24, 2.45) is 0 Å². The van der Waals surface area contributed by atoms with Crippen LogP contribution in [0, 0.1) is 0 Å². The van der Waals surface area contributed by atoms with Gasteiger partial charge in [0.05, 0.1) is 0 Å². The zero-order valence-corrected chi connectivity index (χ0v) is 12.9. The maximum absolute atomic E-state index is 12.5. The summed E-state index contributed by atoms with van der Waals surface area (Å²) in [5, 5.41) is 8.18. The van der Waals surface area contributed by atoms with Gasteiger partial charge in [-0.05, 0) is 35.7 Å². The van der Waals surface area contributed by atoms with Gasteiger partial charge < -0.3 is 5.32 Å². The van der Waals surface area contributed by atoms with Gasteiger partial charge in [0, 0.05) is 22.8 Å². The first-order valence-corrected chi connectivity index (χ1v) is 7.52. The third-order valence-electron chi connectivity index (χ3n) is 3.75. The van der Waals surface area contributed by atoms with Crippen LogP contribution in [0.3, 0.4) is 0 Å². The number of amides is 1. The van der Waals surface area contributed by atoms with Gasteiger partial charge in [0.2, 0.25) is 0 Å². The fourth-order valence-corrected chi connectivity index (χ4v) is 2.56. The van der Waals surface area contributed by atoms with Gasteiger partial charge in [-0.25, -0.2) is 4.79 Å². The van der Waals surface area contributed by atoms with E-state index in [2.05, 4.69) is 25.0 Å². The summed E-state index contributed by atoms with van der Waals surface area (Å²) in [5.74, 6) is -0.576. The van der Waals surface area contributed by atoms with Crippen LogP contribution in [0.1, 0.15) is 10.5 Å². The molecule has 25 heavy (non-hydrogen) atoms. The maximum atomic E-state index is 12.5. The van der Waals surface area contributed by atoms with Crippen molar-refractivity contribution in [3.63, 3.8) is 0 Å². The van der Waals surface area contributed by atoms with Crippen molar-refractivity contribution in [1.29, 1.82) is 0 Å². The number of benzene rings is 2. The van der Waals surface area contributed by atoms with Crippen molar-refractivity contribution in [2.45, 2.75) is 0 Å². The van der Waals surface area contributed by atoms with Crippen molar-refractivity contribution in [1.82, 2.24) is 15.1 Å². The summed E-state index contributed by atoms with van der Waals surface area (Å²) >= 11 is 0. The molecule has 2 aromatic heterocycles. The van der Waals surface area contributed by atoms with Crippen LogP contribution in [0.2, 0.25) is 0 Å². The van der Waals surface area contributed by atoms with Gasteiger partial charge >= 0.3 is 5.76 Å². The molecule has 2 heterocycles. The zero-order valence-electron chi connectivity index (χ0n) is 12.9. The van der Waals surface area contributed by atoms with Crippen molar-refractivity contribution in [3.05, 3.63) is 77.0 Å². The molecule has 7 heteroatoms. The van der Waals surface area contributed by atoms with E-state index in [-0.39, 0.29) is 5.91 Å². The molecule has 4 aromatic rings. The number of H-pyrrole nitrogens is 1. The number of carbonyl (C=O) groups excluding carboxylic acids is 1. The number of nitrogens with zero attached hydrogens (tertiary/aromatic N) is 2. The molecule has 0 bridgehead atoms. The predicted octanol–water partition coefficient (Wildman–Crippen LogP) is 2.83. The molecular formula is C18H12N4O3. The second kappa shape index (κ2) is 6.04. The molecule has 0 aliphatic rings. The Bertz CT molecular complexity index is 1110. The lowest BCUT2D eigenvalue weighted by Gasteiger charge is -2.07. The molecule has 0 unspecified atom stereocenters. The number of hydrogen-bond donors (Lipinski definition) is 2. The molecule has 2 N–H and O–H groups in total. The van der Waals surface area contributed by atoms with E-state index >= 15 is 0 Å². The van der Waals surface area contributed by atoms with E-state index in [9.17, 15) is 9.59 Å². The number of aromatic amines is 1. The van der Waals surface area contributed by atoms with E-state index < -0.39 is 5.76 Å². The summed E-state index contributed by atoms with van der Waals surface area (Å²) in [6, 6.07) is 16.3. The number of pyridine rings is 1. The average Bonchev–Trinajstić information content (AvgIpc) is 3.08. The summed E-state index contributed by atoms with van der Waals surface area (Å²) < 4.78 is 4.47. The van der Waals surface area contributed by atoms with Crippen LogP contribution in [0.4, 0.5) is 5.69 Å². The van der Waals surface area contributed by atoms with Gasteiger partial charge in [-0.2, -0.15) is 0 Å². The summed E-state index contributed by atoms with van der Waals surface area (Å²) in [7, 11) is 0. The molecule has 0 radical (unpaired) electrons. The molecular weight excluding hydrogens is 320 g/mol. The molecule has 4 rings (SSSR count). The topological polar surface area (TPSA) is 101 Å². The SMILES string of the molecule is O=C(Nc1ccc(-c2noc(=O)[nH]2)cc1)c1nccc2ccccc12. The summed E-state index contributed by atoms with van der Waals surface area (Å²) in [4.78, 5) is 30.2. The van der Waals surface area contributed by atoms with Gasteiger partial charge in [0.15, 0.2) is 5.82 Å².